The fourth-order valence-electron chi connectivity index (χ4n) is 2.68. The first-order valence-corrected chi connectivity index (χ1v) is 7.59. The third kappa shape index (κ3) is 4.31. The maximum atomic E-state index is 13.2. The number of benzene rings is 1. The van der Waals surface area contributed by atoms with Gasteiger partial charge in [-0.1, -0.05) is 13.8 Å². The number of aromatic nitrogens is 1. The van der Waals surface area contributed by atoms with Crippen LogP contribution in [0, 0.1) is 11.7 Å². The van der Waals surface area contributed by atoms with Crippen LogP contribution in [0.15, 0.2) is 24.3 Å². The van der Waals surface area contributed by atoms with Crippen LogP contribution < -0.4 is 5.32 Å². The summed E-state index contributed by atoms with van der Waals surface area (Å²) in [6.07, 6.45) is 0.915. The number of rotatable bonds is 6. The molecular weight excluding hydrogens is 281 g/mol. The summed E-state index contributed by atoms with van der Waals surface area (Å²) in [5.74, 6) is 0.0509. The Bertz CT molecular complexity index is 638. The highest BCUT2D eigenvalue weighted by atomic mass is 19.1. The predicted molar refractivity (Wildman–Crippen MR) is 87.5 cm³/mol. The minimum Gasteiger partial charge on any atom is -0.351 e. The summed E-state index contributed by atoms with van der Waals surface area (Å²) in [5.41, 5.74) is 1.23. The molecule has 2 N–H and O–H groups in total. The van der Waals surface area contributed by atoms with Crippen LogP contribution in [-0.4, -0.2) is 42.5 Å². The van der Waals surface area contributed by atoms with Gasteiger partial charge in [0.15, 0.2) is 0 Å². The van der Waals surface area contributed by atoms with Crippen LogP contribution in [-0.2, 0) is 0 Å². The SMILES string of the molecule is CC(C)CC(CN(C)C)NC(=O)c1cc2cc(F)ccc2[nH]1. The van der Waals surface area contributed by atoms with Crippen molar-refractivity contribution >= 4 is 16.8 Å². The summed E-state index contributed by atoms with van der Waals surface area (Å²) < 4.78 is 13.2. The first kappa shape index (κ1) is 16.5. The molecule has 1 heterocycles. The summed E-state index contributed by atoms with van der Waals surface area (Å²) >= 11 is 0. The highest BCUT2D eigenvalue weighted by Crippen LogP contribution is 2.17. The summed E-state index contributed by atoms with van der Waals surface area (Å²) in [5, 5.41) is 3.77. The van der Waals surface area contributed by atoms with Gasteiger partial charge in [0, 0.05) is 23.5 Å². The number of hydrogen-bond acceptors (Lipinski definition) is 2. The maximum absolute atomic E-state index is 13.2. The van der Waals surface area contributed by atoms with Gasteiger partial charge in [-0.25, -0.2) is 4.39 Å². The Hall–Kier alpha value is -1.88. The maximum Gasteiger partial charge on any atom is 0.267 e. The normalized spacial score (nSPS) is 13.0. The van der Waals surface area contributed by atoms with E-state index in [9.17, 15) is 9.18 Å². The van der Waals surface area contributed by atoms with Crippen molar-refractivity contribution in [2.45, 2.75) is 26.3 Å². The molecule has 0 spiro atoms. The molecule has 4 nitrogen and oxygen atoms in total. The molecule has 0 radical (unpaired) electrons. The van der Waals surface area contributed by atoms with Crippen LogP contribution in [0.4, 0.5) is 4.39 Å². The zero-order valence-corrected chi connectivity index (χ0v) is 13.6. The highest BCUT2D eigenvalue weighted by Gasteiger charge is 2.17. The van der Waals surface area contributed by atoms with Gasteiger partial charge in [-0.3, -0.25) is 4.79 Å². The average molecular weight is 305 g/mol. The van der Waals surface area contributed by atoms with E-state index < -0.39 is 0 Å². The summed E-state index contributed by atoms with van der Waals surface area (Å²) in [6.45, 7) is 5.07. The predicted octanol–water partition coefficient (Wildman–Crippen LogP) is 3.01. The Morgan fingerprint density at radius 1 is 1.32 bits per heavy atom. The number of likely N-dealkylation sites (N-methyl/N-ethyl adjacent to an activating group) is 1. The molecule has 5 heteroatoms. The van der Waals surface area contributed by atoms with E-state index in [0.29, 0.717) is 17.0 Å². The second kappa shape index (κ2) is 6.92. The monoisotopic (exact) mass is 305 g/mol. The van der Waals surface area contributed by atoms with E-state index in [1.54, 1.807) is 12.1 Å². The molecule has 1 aromatic carbocycles. The van der Waals surface area contributed by atoms with Gasteiger partial charge in [0.1, 0.15) is 11.5 Å². The first-order chi connectivity index (χ1) is 10.3. The van der Waals surface area contributed by atoms with E-state index in [-0.39, 0.29) is 17.8 Å². The zero-order valence-electron chi connectivity index (χ0n) is 13.6. The van der Waals surface area contributed by atoms with Crippen LogP contribution in [0.25, 0.3) is 10.9 Å². The van der Waals surface area contributed by atoms with Crippen LogP contribution >= 0.6 is 0 Å². The van der Waals surface area contributed by atoms with E-state index in [4.69, 9.17) is 0 Å². The number of amides is 1. The number of aromatic amines is 1. The largest absolute Gasteiger partial charge is 0.351 e. The fourth-order valence-corrected chi connectivity index (χ4v) is 2.68. The molecule has 1 atom stereocenters. The van der Waals surface area contributed by atoms with Gasteiger partial charge in [0.2, 0.25) is 0 Å². The molecule has 1 aromatic heterocycles. The van der Waals surface area contributed by atoms with Gasteiger partial charge in [-0.15, -0.1) is 0 Å². The number of nitrogens with one attached hydrogen (secondary N) is 2. The zero-order chi connectivity index (χ0) is 16.3. The number of halogens is 1. The Balaban J connectivity index is 2.13. The molecule has 0 fully saturated rings. The molecule has 0 bridgehead atoms. The molecule has 22 heavy (non-hydrogen) atoms. The third-order valence-electron chi connectivity index (χ3n) is 3.50. The summed E-state index contributed by atoms with van der Waals surface area (Å²) in [7, 11) is 3.98. The number of fused-ring (bicyclic) bond motifs is 1. The molecule has 1 unspecified atom stereocenters. The van der Waals surface area contributed by atoms with Crippen molar-refractivity contribution in [1.82, 2.24) is 15.2 Å². The van der Waals surface area contributed by atoms with Gasteiger partial charge in [-0.05, 0) is 50.7 Å². The van der Waals surface area contributed by atoms with Crippen molar-refractivity contribution in [3.63, 3.8) is 0 Å². The van der Waals surface area contributed by atoms with Gasteiger partial charge < -0.3 is 15.2 Å². The van der Waals surface area contributed by atoms with E-state index >= 15 is 0 Å². The average Bonchev–Trinajstić information content (AvgIpc) is 2.79. The molecule has 0 aliphatic heterocycles. The minimum atomic E-state index is -0.302. The van der Waals surface area contributed by atoms with Gasteiger partial charge in [0.25, 0.3) is 5.91 Å². The van der Waals surface area contributed by atoms with Crippen molar-refractivity contribution in [3.8, 4) is 0 Å². The van der Waals surface area contributed by atoms with Crippen LogP contribution in [0.3, 0.4) is 0 Å². The quantitative estimate of drug-likeness (QED) is 0.862. The second-order valence-corrected chi connectivity index (χ2v) is 6.48. The number of carbonyl (C=O) groups excluding carboxylic acids is 1. The van der Waals surface area contributed by atoms with Crippen LogP contribution in [0.2, 0.25) is 0 Å². The Morgan fingerprint density at radius 2 is 2.05 bits per heavy atom. The lowest BCUT2D eigenvalue weighted by Crippen LogP contribution is -2.42. The summed E-state index contributed by atoms with van der Waals surface area (Å²) in [6, 6.07) is 6.23. The van der Waals surface area contributed by atoms with E-state index in [2.05, 4.69) is 29.0 Å². The van der Waals surface area contributed by atoms with Gasteiger partial charge in [-0.2, -0.15) is 0 Å². The Labute approximate surface area is 130 Å². The Kier molecular flexibility index (Phi) is 5.19. The second-order valence-electron chi connectivity index (χ2n) is 6.48. The van der Waals surface area contributed by atoms with Crippen molar-refractivity contribution < 1.29 is 9.18 Å². The van der Waals surface area contributed by atoms with E-state index in [1.807, 2.05) is 14.1 Å². The van der Waals surface area contributed by atoms with Crippen molar-refractivity contribution in [2.75, 3.05) is 20.6 Å². The topological polar surface area (TPSA) is 48.1 Å². The molecular formula is C17H24FN3O. The van der Waals surface area contributed by atoms with Gasteiger partial charge in [0.05, 0.1) is 0 Å². The lowest BCUT2D eigenvalue weighted by atomic mass is 10.0. The number of nitrogens with zero attached hydrogens (tertiary/aromatic N) is 1. The molecule has 0 aliphatic carbocycles. The summed E-state index contributed by atoms with van der Waals surface area (Å²) in [4.78, 5) is 17.5. The number of carbonyl (C=O) groups is 1. The number of H-pyrrole nitrogens is 1. The van der Waals surface area contributed by atoms with Crippen molar-refractivity contribution in [1.29, 1.82) is 0 Å². The standard InChI is InChI=1S/C17H24FN3O/c1-11(2)7-14(10-21(3)4)19-17(22)16-9-12-8-13(18)5-6-15(12)20-16/h5-6,8-9,11,14,20H,7,10H2,1-4H3,(H,19,22). The lowest BCUT2D eigenvalue weighted by molar-refractivity contribution is 0.0920. The van der Waals surface area contributed by atoms with Crippen LogP contribution in [0.5, 0.6) is 0 Å². The first-order valence-electron chi connectivity index (χ1n) is 7.59. The molecule has 120 valence electrons. The molecule has 1 amide bonds. The Morgan fingerprint density at radius 3 is 2.68 bits per heavy atom. The molecule has 2 rings (SSSR count). The molecule has 2 aromatic rings. The highest BCUT2D eigenvalue weighted by molar-refractivity contribution is 5.98. The van der Waals surface area contributed by atoms with Crippen molar-refractivity contribution in [2.24, 2.45) is 5.92 Å². The van der Waals surface area contributed by atoms with Gasteiger partial charge >= 0.3 is 0 Å². The van der Waals surface area contributed by atoms with E-state index in [1.165, 1.54) is 12.1 Å². The smallest absolute Gasteiger partial charge is 0.267 e. The molecule has 0 aliphatic rings. The van der Waals surface area contributed by atoms with Crippen molar-refractivity contribution in [3.05, 3.63) is 35.8 Å². The lowest BCUT2D eigenvalue weighted by Gasteiger charge is -2.23. The number of hydrogen-bond donors (Lipinski definition) is 2. The van der Waals surface area contributed by atoms with Crippen LogP contribution in [0.1, 0.15) is 30.8 Å². The fraction of sp³-hybridized carbons (Fsp3) is 0.471. The van der Waals surface area contributed by atoms with E-state index in [0.717, 1.165) is 18.5 Å². The third-order valence-corrected chi connectivity index (χ3v) is 3.50. The molecule has 0 saturated carbocycles. The minimum absolute atomic E-state index is 0.0886. The molecule has 0 saturated heterocycles.